The van der Waals surface area contributed by atoms with Crippen molar-refractivity contribution in [3.63, 3.8) is 0 Å². The molecule has 1 spiro atoms. The number of fused-ring (bicyclic) bond motifs is 10. The third kappa shape index (κ3) is 10.6. The van der Waals surface area contributed by atoms with Gasteiger partial charge in [0.15, 0.2) is 28.6 Å². The van der Waals surface area contributed by atoms with Gasteiger partial charge in [0, 0.05) is 119 Å². The second-order valence-electron chi connectivity index (χ2n) is 23.5. The molecule has 0 N–H and O–H groups in total. The predicted octanol–water partition coefficient (Wildman–Crippen LogP) is 15.7. The highest BCUT2D eigenvalue weighted by Gasteiger charge is 2.55. The molecule has 3 aliphatic carbocycles. The fourth-order valence-corrected chi connectivity index (χ4v) is 25.1. The Morgan fingerprint density at radius 3 is 0.711 bits per heavy atom. The van der Waals surface area contributed by atoms with E-state index < -0.39 is 198 Å². The zero-order valence-electron chi connectivity index (χ0n) is 49.0. The Morgan fingerprint density at radius 2 is 0.474 bits per heavy atom. The zero-order valence-corrected chi connectivity index (χ0v) is 52.5. The normalized spacial score (nSPS) is 15.3. The highest BCUT2D eigenvalue weighted by Crippen LogP contribution is 2.65. The van der Waals surface area contributed by atoms with Gasteiger partial charge in [-0.2, -0.15) is 0 Å². The van der Waals surface area contributed by atoms with Crippen LogP contribution in [0.25, 0.3) is 22.3 Å². The monoisotopic (exact) mass is 1410 g/mol. The maximum absolute atomic E-state index is 16.7. The van der Waals surface area contributed by atoms with E-state index >= 15 is 88.5 Å². The van der Waals surface area contributed by atoms with E-state index in [0.29, 0.717) is 133 Å². The summed E-state index contributed by atoms with van der Waals surface area (Å²) in [7, 11) is -20.5. The molecule has 0 radical (unpaired) electrons. The van der Waals surface area contributed by atoms with Crippen LogP contribution in [0.5, 0.6) is 0 Å². The standard InChI is InChI=1S/C73H38F16O4P4/c74-37-9-38(75)18-57(17-37)94(90,58-19-39(76)10-40(77)20-58)53-1-5-65-66-6-2-54(95(91,59-21-41(78)11-42(79)22-59)60-23-43(80)12-44(81)24-60)34-70(66)73(69(65)33-53)71-35-55(96(92,61-25-45(82)13-46(83)26-61)62-27-47(84)14-48(85)28-62)3-7-67(71)68-8-4-56(36-72(68)73)97(93,63-29-49(86)15-50(87)30-63)64-31-51(88)16-52(89)32-64/h1-31,33-36,64H,32H2. The highest BCUT2D eigenvalue weighted by molar-refractivity contribution is 7.86. The van der Waals surface area contributed by atoms with Gasteiger partial charge >= 0.3 is 0 Å². The minimum Gasteiger partial charge on any atom is -0.313 e. The van der Waals surface area contributed by atoms with Gasteiger partial charge in [-0.25, -0.2) is 70.2 Å². The summed E-state index contributed by atoms with van der Waals surface area (Å²) in [6.07, 6.45) is 0.401. The van der Waals surface area contributed by atoms with Gasteiger partial charge in [-0.05, 0) is 160 Å². The summed E-state index contributed by atoms with van der Waals surface area (Å²) in [5.74, 6) is -20.9. The van der Waals surface area contributed by atoms with Crippen molar-refractivity contribution in [1.29, 1.82) is 0 Å². The molecule has 0 heterocycles. The predicted molar refractivity (Wildman–Crippen MR) is 340 cm³/mol. The van der Waals surface area contributed by atoms with Crippen molar-refractivity contribution in [2.45, 2.75) is 17.5 Å². The first-order valence-electron chi connectivity index (χ1n) is 29.0. The first-order chi connectivity index (χ1) is 46.0. The van der Waals surface area contributed by atoms with Crippen LogP contribution in [0.1, 0.15) is 28.7 Å². The Kier molecular flexibility index (Phi) is 15.7. The Labute approximate surface area is 540 Å². The molecule has 0 amide bonds. The van der Waals surface area contributed by atoms with E-state index in [1.54, 1.807) is 0 Å². The van der Waals surface area contributed by atoms with Crippen molar-refractivity contribution < 1.29 is 88.5 Å². The van der Waals surface area contributed by atoms with E-state index in [4.69, 9.17) is 0 Å². The molecule has 2 unspecified atom stereocenters. The van der Waals surface area contributed by atoms with E-state index in [-0.39, 0.29) is 44.5 Å². The topological polar surface area (TPSA) is 68.3 Å². The second kappa shape index (κ2) is 23.5. The smallest absolute Gasteiger partial charge is 0.171 e. The Hall–Kier alpha value is -9.30. The van der Waals surface area contributed by atoms with Gasteiger partial charge in [0.1, 0.15) is 93.1 Å². The van der Waals surface area contributed by atoms with Gasteiger partial charge in [-0.3, -0.25) is 0 Å². The van der Waals surface area contributed by atoms with Gasteiger partial charge < -0.3 is 18.3 Å². The molecule has 3 aliphatic rings. The average molecular weight is 1410 g/mol. The first-order valence-corrected chi connectivity index (χ1v) is 35.9. The van der Waals surface area contributed by atoms with E-state index in [9.17, 15) is 0 Å². The van der Waals surface area contributed by atoms with Gasteiger partial charge in [0.25, 0.3) is 0 Å². The van der Waals surface area contributed by atoms with E-state index in [2.05, 4.69) is 0 Å². The second-order valence-corrected chi connectivity index (χ2v) is 34.8. The molecule has 24 heteroatoms. The molecular formula is C73H38F16O4P4. The van der Waals surface area contributed by atoms with Crippen LogP contribution >= 0.6 is 28.6 Å². The Morgan fingerprint density at radius 1 is 0.258 bits per heavy atom. The van der Waals surface area contributed by atoms with Crippen LogP contribution in [0.15, 0.2) is 224 Å². The Bertz CT molecular complexity index is 4890. The number of benzene rings is 11. The largest absolute Gasteiger partial charge is 0.313 e. The van der Waals surface area contributed by atoms with Crippen molar-refractivity contribution >= 4 is 86.9 Å². The van der Waals surface area contributed by atoms with Crippen LogP contribution in [0.2, 0.25) is 0 Å². The number of rotatable bonds is 12. The summed E-state index contributed by atoms with van der Waals surface area (Å²) in [6.45, 7) is 0. The molecule has 0 saturated heterocycles. The minimum absolute atomic E-state index is 0.00759. The van der Waals surface area contributed by atoms with Gasteiger partial charge in [0.05, 0.1) is 5.41 Å². The lowest BCUT2D eigenvalue weighted by molar-refractivity contribution is 0.543. The van der Waals surface area contributed by atoms with Gasteiger partial charge in [0.2, 0.25) is 0 Å². The summed E-state index contributed by atoms with van der Waals surface area (Å²) < 4.78 is 318. The lowest BCUT2D eigenvalue weighted by atomic mass is 9.70. The maximum Gasteiger partial charge on any atom is 0.171 e. The summed E-state index contributed by atoms with van der Waals surface area (Å²) in [5.41, 5.74) is -5.03. The van der Waals surface area contributed by atoms with E-state index in [1.807, 2.05) is 0 Å². The molecule has 0 aromatic heterocycles. The van der Waals surface area contributed by atoms with Crippen LogP contribution in [-0.4, -0.2) is 5.66 Å². The molecule has 4 nitrogen and oxygen atoms in total. The molecule has 14 rings (SSSR count). The third-order valence-electron chi connectivity index (χ3n) is 17.7. The quantitative estimate of drug-likeness (QED) is 0.0903. The highest BCUT2D eigenvalue weighted by atomic mass is 31.2. The number of allylic oxidation sites excluding steroid dienone is 4. The zero-order chi connectivity index (χ0) is 68.7. The van der Waals surface area contributed by atoms with Crippen LogP contribution < -0.4 is 58.3 Å². The first kappa shape index (κ1) is 65.0. The molecule has 11 aromatic carbocycles. The van der Waals surface area contributed by atoms with Gasteiger partial charge in [-0.15, -0.1) is 0 Å². The number of hydrogen-bond acceptors (Lipinski definition) is 4. The number of hydrogen-bond donors (Lipinski definition) is 0. The lowest BCUT2D eigenvalue weighted by Gasteiger charge is -2.34. The fourth-order valence-electron chi connectivity index (χ4n) is 13.8. The van der Waals surface area contributed by atoms with E-state index in [0.717, 1.165) is 42.5 Å². The summed E-state index contributed by atoms with van der Waals surface area (Å²) >= 11 is 0. The summed E-state index contributed by atoms with van der Waals surface area (Å²) in [4.78, 5) is 0. The van der Waals surface area contributed by atoms with Crippen LogP contribution in [0.3, 0.4) is 0 Å². The SMILES string of the molecule is O=P(c1cc(F)cc(F)c1)(c1cc(F)cc(F)c1)c1ccc2c(c1)C1(c3cc(P(=O)(c4cc(F)cc(F)c4)c4cc(F)cc(F)c4)ccc3-2)c2cc(P(=O)(c3cc(F)cc(F)c3)c3cc(F)cc(F)c3)ccc2-c2ccc(P(=O)(c3cc(F)cc(F)c3)C3C=C(F)C=C(F)C3)cc21. The molecule has 0 saturated carbocycles. The van der Waals surface area contributed by atoms with Crippen LogP contribution in [0, 0.1) is 81.4 Å². The van der Waals surface area contributed by atoms with Gasteiger partial charge in [-0.1, -0.05) is 48.5 Å². The molecule has 486 valence electrons. The summed E-state index contributed by atoms with van der Waals surface area (Å²) in [6, 6.07) is 26.3. The van der Waals surface area contributed by atoms with Crippen molar-refractivity contribution in [1.82, 2.24) is 0 Å². The van der Waals surface area contributed by atoms with Crippen molar-refractivity contribution in [2.75, 3.05) is 0 Å². The Balaban J connectivity index is 1.18. The van der Waals surface area contributed by atoms with E-state index in [1.165, 1.54) is 36.4 Å². The van der Waals surface area contributed by atoms with Crippen molar-refractivity contribution in [3.8, 4) is 22.3 Å². The molecule has 0 aliphatic heterocycles. The number of halogens is 16. The molecule has 0 fully saturated rings. The van der Waals surface area contributed by atoms with Crippen molar-refractivity contribution in [3.05, 3.63) is 328 Å². The average Bonchev–Trinajstić information content (AvgIpc) is 1.50. The molecular weight excluding hydrogens is 1370 g/mol. The summed E-state index contributed by atoms with van der Waals surface area (Å²) in [5, 5.41) is -6.76. The van der Waals surface area contributed by atoms with Crippen molar-refractivity contribution in [2.24, 2.45) is 0 Å². The van der Waals surface area contributed by atoms with Crippen LogP contribution in [0.4, 0.5) is 70.2 Å². The molecule has 11 aromatic rings. The molecule has 2 atom stereocenters. The molecule has 0 bridgehead atoms. The maximum atomic E-state index is 16.7. The minimum atomic E-state index is -5.16. The molecule has 97 heavy (non-hydrogen) atoms. The lowest BCUT2D eigenvalue weighted by Crippen LogP contribution is -2.33. The van der Waals surface area contributed by atoms with Crippen LogP contribution in [-0.2, 0) is 23.7 Å². The third-order valence-corrected chi connectivity index (χ3v) is 30.0. The fraction of sp³-hybridized carbons (Fsp3) is 0.0411.